The van der Waals surface area contributed by atoms with Gasteiger partial charge in [-0.05, 0) is 42.8 Å². The summed E-state index contributed by atoms with van der Waals surface area (Å²) in [5.41, 5.74) is 9.30. The normalized spacial score (nSPS) is 12.4. The van der Waals surface area contributed by atoms with Crippen LogP contribution in [-0.4, -0.2) is 15.5 Å². The minimum absolute atomic E-state index is 0.271. The molecule has 2 heterocycles. The molecule has 2 aromatic heterocycles. The summed E-state index contributed by atoms with van der Waals surface area (Å²) >= 11 is 0. The Morgan fingerprint density at radius 1 is 1.20 bits per heavy atom. The number of nitrogens with two attached hydrogens (primary N) is 1. The molecule has 20 heavy (non-hydrogen) atoms. The van der Waals surface area contributed by atoms with Crippen molar-refractivity contribution in [2.24, 2.45) is 5.73 Å². The number of carbonyl (C=O) groups is 1. The molecule has 4 heteroatoms. The zero-order chi connectivity index (χ0) is 14.1. The molecule has 0 saturated heterocycles. The molecule has 0 saturated carbocycles. The molecule has 0 bridgehead atoms. The van der Waals surface area contributed by atoms with Crippen molar-refractivity contribution in [1.82, 2.24) is 9.55 Å². The van der Waals surface area contributed by atoms with Crippen LogP contribution in [-0.2, 0) is 4.79 Å². The first-order chi connectivity index (χ1) is 9.66. The number of hydrogen-bond acceptors (Lipinski definition) is 2. The van der Waals surface area contributed by atoms with Crippen LogP contribution in [0.2, 0.25) is 0 Å². The van der Waals surface area contributed by atoms with Crippen LogP contribution in [0.15, 0.2) is 54.9 Å². The molecular formula is C16H15N3O. The number of hydrogen-bond donors (Lipinski definition) is 1. The van der Waals surface area contributed by atoms with Crippen LogP contribution in [0.3, 0.4) is 0 Å². The fraction of sp³-hybridized carbons (Fsp3) is 0.125. The summed E-state index contributed by atoms with van der Waals surface area (Å²) in [4.78, 5) is 15.5. The van der Waals surface area contributed by atoms with Crippen molar-refractivity contribution in [2.45, 2.75) is 12.8 Å². The standard InChI is InChI=1S/C16H15N3O/c1-11(16(17)20)12-4-6-13(7-5-12)19-10-8-14-15(19)3-2-9-18-14/h2-11H,1H3,(H2,17,20). The van der Waals surface area contributed by atoms with Crippen molar-refractivity contribution in [3.8, 4) is 5.69 Å². The van der Waals surface area contributed by atoms with Gasteiger partial charge in [-0.15, -0.1) is 0 Å². The van der Waals surface area contributed by atoms with E-state index < -0.39 is 0 Å². The van der Waals surface area contributed by atoms with E-state index in [1.807, 2.05) is 55.6 Å². The average molecular weight is 265 g/mol. The summed E-state index contributed by atoms with van der Waals surface area (Å²) in [7, 11) is 0. The monoisotopic (exact) mass is 265 g/mol. The molecule has 3 aromatic rings. The van der Waals surface area contributed by atoms with Crippen LogP contribution in [0, 0.1) is 0 Å². The van der Waals surface area contributed by atoms with Crippen LogP contribution in [0.25, 0.3) is 16.7 Å². The Morgan fingerprint density at radius 3 is 2.65 bits per heavy atom. The Labute approximate surface area is 116 Å². The van der Waals surface area contributed by atoms with Crippen molar-refractivity contribution < 1.29 is 4.79 Å². The molecule has 0 aliphatic carbocycles. The fourth-order valence-electron chi connectivity index (χ4n) is 2.28. The van der Waals surface area contributed by atoms with Gasteiger partial charge < -0.3 is 10.3 Å². The summed E-state index contributed by atoms with van der Waals surface area (Å²) in [5, 5.41) is 0. The lowest BCUT2D eigenvalue weighted by molar-refractivity contribution is -0.119. The fourth-order valence-corrected chi connectivity index (χ4v) is 2.28. The molecule has 4 nitrogen and oxygen atoms in total. The van der Waals surface area contributed by atoms with E-state index in [0.29, 0.717) is 0 Å². The number of nitrogens with zero attached hydrogens (tertiary/aromatic N) is 2. The average Bonchev–Trinajstić information content (AvgIpc) is 2.90. The quantitative estimate of drug-likeness (QED) is 0.791. The molecule has 0 fully saturated rings. The van der Waals surface area contributed by atoms with Crippen molar-refractivity contribution in [3.05, 3.63) is 60.4 Å². The van der Waals surface area contributed by atoms with Crippen molar-refractivity contribution >= 4 is 16.9 Å². The SMILES string of the molecule is CC(C(N)=O)c1ccc(-n2ccc3ncccc32)cc1. The van der Waals surface area contributed by atoms with Gasteiger partial charge in [0, 0.05) is 18.1 Å². The molecule has 1 amide bonds. The van der Waals surface area contributed by atoms with Crippen LogP contribution < -0.4 is 5.73 Å². The maximum atomic E-state index is 11.2. The van der Waals surface area contributed by atoms with Gasteiger partial charge in [0.15, 0.2) is 0 Å². The molecule has 1 atom stereocenters. The second-order valence-electron chi connectivity index (χ2n) is 4.81. The van der Waals surface area contributed by atoms with E-state index in [1.54, 1.807) is 6.20 Å². The van der Waals surface area contributed by atoms with Crippen LogP contribution >= 0.6 is 0 Å². The van der Waals surface area contributed by atoms with Gasteiger partial charge >= 0.3 is 0 Å². The Kier molecular flexibility index (Phi) is 2.99. The van der Waals surface area contributed by atoms with Crippen LogP contribution in [0.1, 0.15) is 18.4 Å². The molecule has 0 radical (unpaired) electrons. The summed E-state index contributed by atoms with van der Waals surface area (Å²) < 4.78 is 2.07. The number of carbonyl (C=O) groups excluding carboxylic acids is 1. The van der Waals surface area contributed by atoms with Gasteiger partial charge in [-0.2, -0.15) is 0 Å². The number of rotatable bonds is 3. The molecule has 2 N–H and O–H groups in total. The predicted molar refractivity (Wildman–Crippen MR) is 78.7 cm³/mol. The second kappa shape index (κ2) is 4.81. The van der Waals surface area contributed by atoms with Gasteiger partial charge in [-0.3, -0.25) is 9.78 Å². The molecule has 1 aromatic carbocycles. The van der Waals surface area contributed by atoms with E-state index in [4.69, 9.17) is 5.73 Å². The van der Waals surface area contributed by atoms with Crippen molar-refractivity contribution in [1.29, 1.82) is 0 Å². The first-order valence-electron chi connectivity index (χ1n) is 6.48. The third-order valence-corrected chi connectivity index (χ3v) is 3.56. The third-order valence-electron chi connectivity index (χ3n) is 3.56. The lowest BCUT2D eigenvalue weighted by Gasteiger charge is -2.10. The van der Waals surface area contributed by atoms with E-state index in [9.17, 15) is 4.79 Å². The summed E-state index contributed by atoms with van der Waals surface area (Å²) in [6.07, 6.45) is 3.77. The highest BCUT2D eigenvalue weighted by molar-refractivity contribution is 5.81. The lowest BCUT2D eigenvalue weighted by atomic mass is 10.0. The highest BCUT2D eigenvalue weighted by Crippen LogP contribution is 2.21. The number of amides is 1. The molecule has 0 aliphatic heterocycles. The molecule has 0 spiro atoms. The van der Waals surface area contributed by atoms with Gasteiger partial charge in [-0.1, -0.05) is 12.1 Å². The van der Waals surface area contributed by atoms with Crippen molar-refractivity contribution in [3.63, 3.8) is 0 Å². The third kappa shape index (κ3) is 2.05. The summed E-state index contributed by atoms with van der Waals surface area (Å²) in [6.45, 7) is 1.81. The number of aromatic nitrogens is 2. The molecule has 3 rings (SSSR count). The van der Waals surface area contributed by atoms with E-state index in [1.165, 1.54) is 0 Å². The topological polar surface area (TPSA) is 60.9 Å². The first kappa shape index (κ1) is 12.4. The Bertz CT molecular complexity index is 759. The highest BCUT2D eigenvalue weighted by Gasteiger charge is 2.11. The van der Waals surface area contributed by atoms with Crippen molar-refractivity contribution in [2.75, 3.05) is 0 Å². The largest absolute Gasteiger partial charge is 0.369 e. The maximum Gasteiger partial charge on any atom is 0.224 e. The molecule has 0 aliphatic rings. The number of primary amides is 1. The van der Waals surface area contributed by atoms with E-state index >= 15 is 0 Å². The van der Waals surface area contributed by atoms with Gasteiger partial charge in [0.05, 0.1) is 17.0 Å². The Hall–Kier alpha value is -2.62. The van der Waals surface area contributed by atoms with Crippen LogP contribution in [0.5, 0.6) is 0 Å². The minimum Gasteiger partial charge on any atom is -0.369 e. The maximum absolute atomic E-state index is 11.2. The first-order valence-corrected chi connectivity index (χ1v) is 6.48. The number of pyridine rings is 1. The second-order valence-corrected chi connectivity index (χ2v) is 4.81. The lowest BCUT2D eigenvalue weighted by Crippen LogP contribution is -2.18. The predicted octanol–water partition coefficient (Wildman–Crippen LogP) is 2.61. The number of benzene rings is 1. The summed E-state index contributed by atoms with van der Waals surface area (Å²) in [6, 6.07) is 13.8. The molecular weight excluding hydrogens is 250 g/mol. The van der Waals surface area contributed by atoms with E-state index in [0.717, 1.165) is 22.3 Å². The number of fused-ring (bicyclic) bond motifs is 1. The zero-order valence-corrected chi connectivity index (χ0v) is 11.2. The highest BCUT2D eigenvalue weighted by atomic mass is 16.1. The Balaban J connectivity index is 2.01. The minimum atomic E-state index is -0.312. The zero-order valence-electron chi connectivity index (χ0n) is 11.2. The smallest absolute Gasteiger partial charge is 0.224 e. The van der Waals surface area contributed by atoms with E-state index in [2.05, 4.69) is 9.55 Å². The molecule has 1 unspecified atom stereocenters. The van der Waals surface area contributed by atoms with Gasteiger partial charge in [0.2, 0.25) is 5.91 Å². The summed E-state index contributed by atoms with van der Waals surface area (Å²) in [5.74, 6) is -0.583. The Morgan fingerprint density at radius 2 is 1.95 bits per heavy atom. The molecule has 100 valence electrons. The van der Waals surface area contributed by atoms with Gasteiger partial charge in [0.1, 0.15) is 0 Å². The van der Waals surface area contributed by atoms with Gasteiger partial charge in [-0.25, -0.2) is 0 Å². The van der Waals surface area contributed by atoms with Crippen LogP contribution in [0.4, 0.5) is 0 Å². The van der Waals surface area contributed by atoms with E-state index in [-0.39, 0.29) is 11.8 Å². The van der Waals surface area contributed by atoms with Gasteiger partial charge in [0.25, 0.3) is 0 Å².